The van der Waals surface area contributed by atoms with Crippen molar-refractivity contribution in [2.24, 2.45) is 17.2 Å². The Kier molecular flexibility index (Phi) is 29.6. The number of amides is 5. The van der Waals surface area contributed by atoms with Gasteiger partial charge in [-0.25, -0.2) is 39.5 Å². The van der Waals surface area contributed by atoms with Crippen LogP contribution in [0.5, 0.6) is 0 Å². The molecule has 0 spiro atoms. The van der Waals surface area contributed by atoms with Gasteiger partial charge in [-0.05, 0) is 226 Å². The van der Waals surface area contributed by atoms with Gasteiger partial charge in [0.1, 0.15) is 22.9 Å². The van der Waals surface area contributed by atoms with Crippen molar-refractivity contribution < 1.29 is 33.4 Å². The zero-order valence-corrected chi connectivity index (χ0v) is 68.7. The van der Waals surface area contributed by atoms with Crippen molar-refractivity contribution in [1.29, 1.82) is 0 Å². The molecule has 3 aromatic carbocycles. The molecule has 0 unspecified atom stereocenters. The van der Waals surface area contributed by atoms with Gasteiger partial charge in [0, 0.05) is 70.0 Å². The molecule has 6 aliphatic rings. The molecule has 9 heterocycles. The average Bonchev–Trinajstić information content (AvgIpc) is 1.60. The van der Waals surface area contributed by atoms with E-state index in [9.17, 15) is 24.0 Å². The minimum atomic E-state index is -0.524. The number of rotatable bonds is 22. The second-order valence-corrected chi connectivity index (χ2v) is 34.1. The fourth-order valence-electron chi connectivity index (χ4n) is 15.3. The lowest BCUT2D eigenvalue weighted by Gasteiger charge is -2.33. The number of benzene rings is 3. The zero-order chi connectivity index (χ0) is 81.1. The quantitative estimate of drug-likeness (QED) is 0.0393. The van der Waals surface area contributed by atoms with Crippen LogP contribution in [0.25, 0.3) is 0 Å². The summed E-state index contributed by atoms with van der Waals surface area (Å²) >= 11 is 24.8. The van der Waals surface area contributed by atoms with Crippen LogP contribution in [-0.4, -0.2) is 149 Å². The lowest BCUT2D eigenvalue weighted by molar-refractivity contribution is -0.121. The van der Waals surface area contributed by atoms with Crippen LogP contribution in [0.15, 0.2) is 129 Å². The Bertz CT molecular complexity index is 4870. The number of nitrogens with zero attached hydrogens (tertiary/aromatic N) is 14. The molecular formula is C86H111Cl4N19O7. The molecule has 26 nitrogen and oxygen atoms in total. The number of nitrogen functional groups attached to an aromatic ring is 1. The summed E-state index contributed by atoms with van der Waals surface area (Å²) in [4.78, 5) is 90.2. The largest absolute Gasteiger partial charge is 0.444 e. The van der Waals surface area contributed by atoms with Gasteiger partial charge in [0.2, 0.25) is 23.0 Å². The number of carbonyl (C=O) groups excluding carboxylic acids is 5. The number of likely N-dealkylation sites (tertiary alicyclic amines) is 2. The second kappa shape index (κ2) is 38.7. The van der Waals surface area contributed by atoms with E-state index in [1.165, 1.54) is 6.20 Å². The van der Waals surface area contributed by atoms with E-state index in [1.807, 2.05) is 136 Å². The maximum Gasteiger partial charge on any atom is 0.410 e. The Labute approximate surface area is 700 Å². The average molecular weight is 1660 g/mol. The monoisotopic (exact) mass is 1660 g/mol. The van der Waals surface area contributed by atoms with Crippen LogP contribution in [-0.2, 0) is 91.5 Å². The highest BCUT2D eigenvalue weighted by Crippen LogP contribution is 2.51. The van der Waals surface area contributed by atoms with Gasteiger partial charge in [-0.2, -0.15) is 15.3 Å². The molecule has 0 atom stereocenters. The van der Waals surface area contributed by atoms with Crippen LogP contribution in [0.1, 0.15) is 225 Å². The van der Waals surface area contributed by atoms with Gasteiger partial charge in [-0.1, -0.05) is 122 Å². The molecule has 116 heavy (non-hydrogen) atoms. The number of primary amides is 3. The molecular weight excluding hydrogens is 1550 g/mol. The molecule has 3 saturated heterocycles. The lowest BCUT2D eigenvalue weighted by atomic mass is 9.88. The topological polar surface area (TPSA) is 357 Å². The number of aromatic nitrogens is 12. The van der Waals surface area contributed by atoms with Gasteiger partial charge in [-0.3, -0.25) is 28.4 Å². The molecule has 30 heteroatoms. The van der Waals surface area contributed by atoms with E-state index in [2.05, 4.69) is 63.6 Å². The smallest absolute Gasteiger partial charge is 0.410 e. The highest BCUT2D eigenvalue weighted by molar-refractivity contribution is 6.32. The maximum absolute atomic E-state index is 12.4. The van der Waals surface area contributed by atoms with Crippen molar-refractivity contribution in [2.75, 3.05) is 45.0 Å². The number of nitrogens with two attached hydrogens (primary N) is 4. The summed E-state index contributed by atoms with van der Waals surface area (Å²) in [5.74, 6) is 0.688. The van der Waals surface area contributed by atoms with Crippen LogP contribution >= 0.6 is 46.4 Å². The Balaban J connectivity index is 0.000000169. The third-order valence-electron chi connectivity index (χ3n) is 22.0. The molecule has 0 bridgehead atoms. The summed E-state index contributed by atoms with van der Waals surface area (Å²) in [6.45, 7) is 16.0. The van der Waals surface area contributed by atoms with Crippen molar-refractivity contribution in [1.82, 2.24) is 74.4 Å². The first-order valence-electron chi connectivity index (χ1n) is 39.3. The highest BCUT2D eigenvalue weighted by atomic mass is 35.5. The number of halogens is 4. The van der Waals surface area contributed by atoms with Gasteiger partial charge in [-0.15, -0.1) is 0 Å². The summed E-state index contributed by atoms with van der Waals surface area (Å²) in [6.07, 6.45) is 31.5. The van der Waals surface area contributed by atoms with E-state index in [1.54, 1.807) is 28.4 Å². The number of ether oxygens (including phenoxy) is 2. The Morgan fingerprint density at radius 3 is 1.11 bits per heavy atom. The Hall–Kier alpha value is -9.60. The minimum absolute atomic E-state index is 0. The standard InChI is InChI=1S/C30H37ClN6O3.C25H29ClN6O.C16H15Cl2N3O.C13H22N4O2.2CH4/c1-29(2,3)40-28(39)36-14-10-22(11-15-36)37-19-20(17-34-37)16-26-33-18-24(31)25(35-26)9-8-21-6-4-5-7-23(21)30(12-13-30)27(32)38;26-21-15-29-23(13-17-14-30-32(16-17)19-7-11-28-12-8-19)31-22(21)6-5-18-3-1-2-4-20(18)25(9-10-25)24(27)33;17-12-9-20-15(18)21-13(12)6-5-10-3-1-2-4-11(10)16(7-8-16)14(19)22;1-13(2,3)19-12(18)16-6-4-11(5-7-16)17-9-10(14)8-15-17;;/h4-7,17-19,22H,8-16H2,1-3H3,(H2,32,38);1-4,14-16,19,28H,5-13H2,(H2,27,33);1-4,9H,5-8H2,(H2,19,22);8-9,11H,4-7,14H2,1-3H3;2*1H4. The van der Waals surface area contributed by atoms with E-state index in [4.69, 9.17) is 88.8 Å². The first-order valence-corrected chi connectivity index (χ1v) is 40.8. The minimum Gasteiger partial charge on any atom is -0.444 e. The maximum atomic E-state index is 12.4. The molecule has 9 aromatic rings. The number of nitrogens with one attached hydrogen (secondary N) is 1. The third-order valence-corrected chi connectivity index (χ3v) is 23.1. The molecule has 620 valence electrons. The summed E-state index contributed by atoms with van der Waals surface area (Å²) < 4.78 is 16.8. The molecule has 15 rings (SSSR count). The van der Waals surface area contributed by atoms with Crippen molar-refractivity contribution in [3.05, 3.63) is 222 Å². The van der Waals surface area contributed by atoms with E-state index >= 15 is 0 Å². The van der Waals surface area contributed by atoms with Gasteiger partial charge in [0.05, 0.1) is 97.0 Å². The lowest BCUT2D eigenvalue weighted by Crippen LogP contribution is -2.42. The summed E-state index contributed by atoms with van der Waals surface area (Å²) in [7, 11) is 0. The number of hydrogen-bond acceptors (Lipinski definition) is 18. The summed E-state index contributed by atoms with van der Waals surface area (Å²) in [5.41, 5.74) is 31.8. The molecule has 3 aliphatic heterocycles. The van der Waals surface area contributed by atoms with Crippen LogP contribution in [0.4, 0.5) is 15.3 Å². The first kappa shape index (κ1) is 88.8. The number of anilines is 1. The third kappa shape index (κ3) is 22.8. The highest BCUT2D eigenvalue weighted by Gasteiger charge is 2.53. The molecule has 3 aliphatic carbocycles. The summed E-state index contributed by atoms with van der Waals surface area (Å²) in [6, 6.07) is 25.0. The predicted octanol–water partition coefficient (Wildman–Crippen LogP) is 14.3. The molecule has 0 radical (unpaired) electrons. The van der Waals surface area contributed by atoms with Gasteiger partial charge in [0.15, 0.2) is 0 Å². The first-order chi connectivity index (χ1) is 54.5. The predicted molar refractivity (Wildman–Crippen MR) is 451 cm³/mol. The van der Waals surface area contributed by atoms with E-state index < -0.39 is 27.4 Å². The van der Waals surface area contributed by atoms with E-state index in [0.29, 0.717) is 109 Å². The number of hydrogen-bond donors (Lipinski definition) is 5. The SMILES string of the molecule is C.C.CC(C)(C)OC(=O)N1CCC(n2cc(Cc3ncc(Cl)c(CCc4ccccc4C4(C(N)=O)CC4)n3)cn2)CC1.CC(C)(C)OC(=O)N1CCC(n2cc(N)cn2)CC1.NC(=O)C1(c2ccccc2CCc2nc(Cc3cnn(C4CCNCC4)c3)ncc2Cl)CC1.NC(=O)C1(c2ccccc2CCc2nc(Cl)ncc2Cl)CC1. The molecule has 6 fully saturated rings. The molecule has 5 amide bonds. The summed E-state index contributed by atoms with van der Waals surface area (Å²) in [5, 5.41) is 18.6. The van der Waals surface area contributed by atoms with Gasteiger partial charge in [0.25, 0.3) is 0 Å². The molecule has 6 aromatic heterocycles. The number of piperidine rings is 3. The van der Waals surface area contributed by atoms with E-state index in [0.717, 1.165) is 165 Å². The van der Waals surface area contributed by atoms with Crippen molar-refractivity contribution in [3.8, 4) is 0 Å². The van der Waals surface area contributed by atoms with E-state index in [-0.39, 0.29) is 56.1 Å². The Morgan fingerprint density at radius 2 is 0.776 bits per heavy atom. The van der Waals surface area contributed by atoms with Crippen LogP contribution in [0.3, 0.4) is 0 Å². The van der Waals surface area contributed by atoms with Crippen LogP contribution < -0.4 is 28.3 Å². The zero-order valence-electron chi connectivity index (χ0n) is 65.7. The number of aryl methyl sites for hydroxylation is 6. The molecule has 9 N–H and O–H groups in total. The Morgan fingerprint density at radius 1 is 0.448 bits per heavy atom. The normalized spacial score (nSPS) is 16.7. The number of carbonyl (C=O) groups is 5. The van der Waals surface area contributed by atoms with Crippen molar-refractivity contribution >= 4 is 82.0 Å². The molecule has 3 saturated carbocycles. The fourth-order valence-corrected chi connectivity index (χ4v) is 16.0. The van der Waals surface area contributed by atoms with Crippen LogP contribution in [0.2, 0.25) is 20.4 Å². The van der Waals surface area contributed by atoms with Crippen molar-refractivity contribution in [3.63, 3.8) is 0 Å². The van der Waals surface area contributed by atoms with Crippen molar-refractivity contribution in [2.45, 2.75) is 230 Å². The second-order valence-electron chi connectivity index (χ2n) is 32.5. The van der Waals surface area contributed by atoms with Gasteiger partial charge < -0.3 is 47.5 Å². The van der Waals surface area contributed by atoms with Gasteiger partial charge >= 0.3 is 12.2 Å². The fraction of sp³-hybridized carbons (Fsp3) is 0.488. The van der Waals surface area contributed by atoms with Crippen LogP contribution in [0, 0.1) is 0 Å².